The number of hydrogen-bond donors (Lipinski definition) is 3. The number of fused-ring (bicyclic) bond motifs is 5. The molecular formula is C45H33N5. The van der Waals surface area contributed by atoms with Crippen molar-refractivity contribution in [1.29, 1.82) is 0 Å². The van der Waals surface area contributed by atoms with E-state index in [0.29, 0.717) is 0 Å². The number of benzene rings is 7. The van der Waals surface area contributed by atoms with Crippen LogP contribution in [0.3, 0.4) is 0 Å². The molecule has 7 aromatic carbocycles. The van der Waals surface area contributed by atoms with Crippen molar-refractivity contribution in [2.45, 2.75) is 18.5 Å². The van der Waals surface area contributed by atoms with Gasteiger partial charge in [0.1, 0.15) is 0 Å². The summed E-state index contributed by atoms with van der Waals surface area (Å²) < 4.78 is 4.94. The first-order chi connectivity index (χ1) is 24.8. The molecule has 1 fully saturated rings. The molecule has 0 radical (unpaired) electrons. The summed E-state index contributed by atoms with van der Waals surface area (Å²) >= 11 is 0. The van der Waals surface area contributed by atoms with Crippen LogP contribution in [-0.4, -0.2) is 8.97 Å². The summed E-state index contributed by atoms with van der Waals surface area (Å²) in [5.41, 5.74) is 10.9. The van der Waals surface area contributed by atoms with Gasteiger partial charge in [-0.05, 0) is 58.5 Å². The molecule has 0 bridgehead atoms. The van der Waals surface area contributed by atoms with Crippen LogP contribution in [0.2, 0.25) is 0 Å². The zero-order valence-electron chi connectivity index (χ0n) is 27.2. The molecule has 5 heteroatoms. The third-order valence-corrected chi connectivity index (χ3v) is 10.8. The molecule has 50 heavy (non-hydrogen) atoms. The van der Waals surface area contributed by atoms with E-state index in [1.165, 1.54) is 76.6 Å². The van der Waals surface area contributed by atoms with Crippen molar-refractivity contribution in [2.75, 3.05) is 0 Å². The Morgan fingerprint density at radius 1 is 0.340 bits per heavy atom. The Hall–Kier alpha value is -5.98. The summed E-state index contributed by atoms with van der Waals surface area (Å²) in [4.78, 5) is 0. The molecule has 10 aromatic rings. The Kier molecular flexibility index (Phi) is 6.01. The fourth-order valence-corrected chi connectivity index (χ4v) is 8.59. The largest absolute Gasteiger partial charge is 0.309 e. The van der Waals surface area contributed by atoms with Gasteiger partial charge in [-0.1, -0.05) is 127 Å². The maximum atomic E-state index is 3.83. The van der Waals surface area contributed by atoms with Crippen LogP contribution in [0, 0.1) is 0 Å². The Balaban J connectivity index is 1.08. The van der Waals surface area contributed by atoms with E-state index in [1.54, 1.807) is 0 Å². The van der Waals surface area contributed by atoms with Crippen LogP contribution in [0.25, 0.3) is 65.6 Å². The van der Waals surface area contributed by atoms with Crippen molar-refractivity contribution in [3.05, 3.63) is 180 Å². The van der Waals surface area contributed by atoms with Gasteiger partial charge in [0, 0.05) is 32.6 Å². The summed E-state index contributed by atoms with van der Waals surface area (Å²) in [6.45, 7) is 0. The average molecular weight is 644 g/mol. The lowest BCUT2D eigenvalue weighted by Crippen LogP contribution is -2.54. The summed E-state index contributed by atoms with van der Waals surface area (Å²) in [7, 11) is 0. The van der Waals surface area contributed by atoms with Crippen molar-refractivity contribution in [3.8, 4) is 5.69 Å². The highest BCUT2D eigenvalue weighted by molar-refractivity contribution is 6.31. The van der Waals surface area contributed by atoms with E-state index in [1.807, 2.05) is 0 Å². The summed E-state index contributed by atoms with van der Waals surface area (Å²) in [6.07, 6.45) is -0.0686. The number of para-hydroxylation sites is 2. The highest BCUT2D eigenvalue weighted by atomic mass is 15.4. The van der Waals surface area contributed by atoms with Crippen LogP contribution >= 0.6 is 0 Å². The highest BCUT2D eigenvalue weighted by Gasteiger charge is 2.30. The van der Waals surface area contributed by atoms with E-state index in [0.717, 1.165) is 5.69 Å². The second-order valence-electron chi connectivity index (χ2n) is 13.5. The first kappa shape index (κ1) is 27.9. The molecule has 0 amide bonds. The summed E-state index contributed by atoms with van der Waals surface area (Å²) in [5.74, 6) is 0. The Morgan fingerprint density at radius 3 is 1.48 bits per heavy atom. The third kappa shape index (κ3) is 4.00. The lowest BCUT2D eigenvalue weighted by molar-refractivity contribution is 0.203. The minimum atomic E-state index is -0.0522. The highest BCUT2D eigenvalue weighted by Crippen LogP contribution is 2.44. The fourth-order valence-electron chi connectivity index (χ4n) is 8.59. The average Bonchev–Trinajstić information content (AvgIpc) is 3.67. The quantitative estimate of drug-likeness (QED) is 0.179. The van der Waals surface area contributed by atoms with Gasteiger partial charge in [-0.25, -0.2) is 0 Å². The molecule has 0 saturated carbocycles. The molecule has 238 valence electrons. The van der Waals surface area contributed by atoms with Gasteiger partial charge >= 0.3 is 0 Å². The normalized spacial score (nSPS) is 18.4. The zero-order valence-corrected chi connectivity index (χ0v) is 27.2. The van der Waals surface area contributed by atoms with Crippen molar-refractivity contribution < 1.29 is 0 Å². The van der Waals surface area contributed by atoms with Crippen LogP contribution < -0.4 is 16.0 Å². The first-order valence-electron chi connectivity index (χ1n) is 17.4. The minimum absolute atomic E-state index is 0.00818. The van der Waals surface area contributed by atoms with E-state index in [4.69, 9.17) is 0 Å². The van der Waals surface area contributed by atoms with Crippen LogP contribution in [0.4, 0.5) is 0 Å². The van der Waals surface area contributed by atoms with Crippen molar-refractivity contribution >= 4 is 59.9 Å². The standard InChI is InChI=1S/C45H33N5/c1-3-12-28(13-4-1)43-46-44(29-14-5-2-6-15-29)48-45(47-43)30-24-26-31(27-25-30)49-37-21-10-17-33-35-19-9-18-34-32-16-7-8-20-36(32)50(42(34)35)39-23-11-22-38(49)41(39)40(33)37/h1-27,43-48H. The van der Waals surface area contributed by atoms with E-state index in [2.05, 4.69) is 189 Å². The van der Waals surface area contributed by atoms with Crippen LogP contribution in [-0.2, 0) is 0 Å². The SMILES string of the molecule is c1ccc(C2NC(c3ccccc3)NC(c3ccc(-n4c5cccc6c7cccc8c9ccccc9n(c9cccc4c9c65)c78)cc3)N2)cc1. The van der Waals surface area contributed by atoms with Crippen LogP contribution in [0.5, 0.6) is 0 Å². The predicted octanol–water partition coefficient (Wildman–Crippen LogP) is 10.1. The van der Waals surface area contributed by atoms with E-state index < -0.39 is 0 Å². The van der Waals surface area contributed by atoms with Gasteiger partial charge in [0.05, 0.1) is 46.1 Å². The van der Waals surface area contributed by atoms with Gasteiger partial charge in [-0.3, -0.25) is 16.0 Å². The Bertz CT molecular complexity index is 2800. The van der Waals surface area contributed by atoms with E-state index >= 15 is 0 Å². The molecule has 2 atom stereocenters. The molecule has 11 rings (SSSR count). The molecule has 0 spiro atoms. The van der Waals surface area contributed by atoms with Crippen LogP contribution in [0.15, 0.2) is 164 Å². The lowest BCUT2D eigenvalue weighted by Gasteiger charge is -2.39. The summed E-state index contributed by atoms with van der Waals surface area (Å²) in [5, 5.41) is 19.2. The second-order valence-corrected chi connectivity index (χ2v) is 13.5. The number of hydrogen-bond acceptors (Lipinski definition) is 3. The maximum Gasteiger partial charge on any atom is 0.0864 e. The van der Waals surface area contributed by atoms with Gasteiger partial charge in [-0.2, -0.15) is 0 Å². The monoisotopic (exact) mass is 643 g/mol. The minimum Gasteiger partial charge on any atom is -0.309 e. The van der Waals surface area contributed by atoms with Crippen molar-refractivity contribution in [3.63, 3.8) is 0 Å². The smallest absolute Gasteiger partial charge is 0.0864 e. The molecule has 3 aromatic heterocycles. The number of nitrogens with one attached hydrogen (secondary N) is 3. The second kappa shape index (κ2) is 10.8. The summed E-state index contributed by atoms with van der Waals surface area (Å²) in [6, 6.07) is 59.5. The van der Waals surface area contributed by atoms with Gasteiger partial charge in [0.15, 0.2) is 0 Å². The molecule has 5 nitrogen and oxygen atoms in total. The van der Waals surface area contributed by atoms with E-state index in [-0.39, 0.29) is 18.5 Å². The Morgan fingerprint density at radius 2 is 0.800 bits per heavy atom. The molecule has 1 saturated heterocycles. The zero-order chi connectivity index (χ0) is 32.8. The molecular weight excluding hydrogens is 611 g/mol. The van der Waals surface area contributed by atoms with Gasteiger partial charge in [0.2, 0.25) is 0 Å². The molecule has 1 aliphatic heterocycles. The topological polar surface area (TPSA) is 45.4 Å². The lowest BCUT2D eigenvalue weighted by atomic mass is 10.0. The molecule has 3 N–H and O–H groups in total. The molecule has 0 aliphatic carbocycles. The number of aromatic nitrogens is 2. The van der Waals surface area contributed by atoms with E-state index in [9.17, 15) is 0 Å². The first-order valence-corrected chi connectivity index (χ1v) is 17.4. The third-order valence-electron chi connectivity index (χ3n) is 10.8. The number of rotatable bonds is 4. The van der Waals surface area contributed by atoms with Gasteiger partial charge in [0.25, 0.3) is 0 Å². The van der Waals surface area contributed by atoms with Crippen molar-refractivity contribution in [1.82, 2.24) is 24.9 Å². The number of nitrogens with zero attached hydrogens (tertiary/aromatic N) is 2. The van der Waals surface area contributed by atoms with Crippen molar-refractivity contribution in [2.24, 2.45) is 0 Å². The molecule has 2 unspecified atom stereocenters. The predicted molar refractivity (Wildman–Crippen MR) is 206 cm³/mol. The van der Waals surface area contributed by atoms with Crippen LogP contribution in [0.1, 0.15) is 35.2 Å². The Labute approximate surface area is 288 Å². The maximum absolute atomic E-state index is 3.83. The van der Waals surface area contributed by atoms with Gasteiger partial charge < -0.3 is 8.97 Å². The fraction of sp³-hybridized carbons (Fsp3) is 0.0667. The van der Waals surface area contributed by atoms with Gasteiger partial charge in [-0.15, -0.1) is 0 Å². The molecule has 4 heterocycles. The molecule has 1 aliphatic rings.